The molecule has 0 aromatic carbocycles. The highest BCUT2D eigenvalue weighted by Gasteiger charge is 2.52. The van der Waals surface area contributed by atoms with E-state index in [0.717, 1.165) is 44.9 Å². The van der Waals surface area contributed by atoms with E-state index >= 15 is 0 Å². The van der Waals surface area contributed by atoms with Gasteiger partial charge in [0.2, 0.25) is 0 Å². The number of esters is 1. The topological polar surface area (TPSA) is 41.6 Å². The summed E-state index contributed by atoms with van der Waals surface area (Å²) < 4.78 is 5.14. The normalized spacial score (nSPS) is 27.1. The number of carbonyl (C=O) groups is 1. The van der Waals surface area contributed by atoms with Gasteiger partial charge in [0.15, 0.2) is 0 Å². The third-order valence-electron chi connectivity index (χ3n) is 4.97. The summed E-state index contributed by atoms with van der Waals surface area (Å²) >= 11 is 0. The molecule has 2 fully saturated rings. The molecular formula is C16H30N2O2. The Balaban J connectivity index is 2.08. The van der Waals surface area contributed by atoms with E-state index in [0.29, 0.717) is 5.92 Å². The van der Waals surface area contributed by atoms with Crippen molar-refractivity contribution < 1.29 is 9.53 Å². The number of likely N-dealkylation sites (N-methyl/N-ethyl adjacent to an activating group) is 1. The summed E-state index contributed by atoms with van der Waals surface area (Å²) in [6, 6.07) is 0. The first-order chi connectivity index (χ1) is 9.66. The van der Waals surface area contributed by atoms with Crippen molar-refractivity contribution in [3.8, 4) is 0 Å². The van der Waals surface area contributed by atoms with E-state index in [4.69, 9.17) is 4.74 Å². The van der Waals surface area contributed by atoms with Crippen molar-refractivity contribution in [2.24, 2.45) is 11.8 Å². The Kier molecular flexibility index (Phi) is 5.44. The Morgan fingerprint density at radius 1 is 1.35 bits per heavy atom. The van der Waals surface area contributed by atoms with Gasteiger partial charge in [-0.05, 0) is 50.6 Å². The van der Waals surface area contributed by atoms with Gasteiger partial charge < -0.3 is 15.0 Å². The first-order valence-corrected chi connectivity index (χ1v) is 8.22. The van der Waals surface area contributed by atoms with Crippen molar-refractivity contribution >= 4 is 5.97 Å². The Hall–Kier alpha value is -0.610. The Morgan fingerprint density at radius 3 is 2.65 bits per heavy atom. The summed E-state index contributed by atoms with van der Waals surface area (Å²) in [4.78, 5) is 14.9. The van der Waals surface area contributed by atoms with Gasteiger partial charge in [-0.1, -0.05) is 20.3 Å². The third-order valence-corrected chi connectivity index (χ3v) is 4.97. The van der Waals surface area contributed by atoms with Gasteiger partial charge in [0, 0.05) is 13.1 Å². The third kappa shape index (κ3) is 3.34. The molecule has 4 nitrogen and oxygen atoms in total. The molecule has 2 atom stereocenters. The van der Waals surface area contributed by atoms with Crippen molar-refractivity contribution in [2.45, 2.75) is 51.5 Å². The van der Waals surface area contributed by atoms with Gasteiger partial charge in [-0.3, -0.25) is 0 Å². The SMILES string of the molecule is CCNC(CN1CCCC(CC)C1)(C(=O)OC)C1CC1. The molecule has 0 aromatic rings. The van der Waals surface area contributed by atoms with Gasteiger partial charge in [0.1, 0.15) is 5.54 Å². The van der Waals surface area contributed by atoms with Crippen LogP contribution in [0.2, 0.25) is 0 Å². The van der Waals surface area contributed by atoms with E-state index in [9.17, 15) is 4.79 Å². The fraction of sp³-hybridized carbons (Fsp3) is 0.938. The van der Waals surface area contributed by atoms with E-state index in [1.165, 1.54) is 26.4 Å². The second kappa shape index (κ2) is 6.90. The highest BCUT2D eigenvalue weighted by atomic mass is 16.5. The minimum atomic E-state index is -0.473. The molecule has 4 heteroatoms. The lowest BCUT2D eigenvalue weighted by molar-refractivity contribution is -0.151. The Labute approximate surface area is 123 Å². The fourth-order valence-electron chi connectivity index (χ4n) is 3.69. The Bertz CT molecular complexity index is 330. The molecule has 116 valence electrons. The smallest absolute Gasteiger partial charge is 0.327 e. The summed E-state index contributed by atoms with van der Waals surface area (Å²) in [5.41, 5.74) is -0.473. The summed E-state index contributed by atoms with van der Waals surface area (Å²) in [7, 11) is 1.52. The quantitative estimate of drug-likeness (QED) is 0.726. The van der Waals surface area contributed by atoms with E-state index in [1.807, 2.05) is 0 Å². The highest BCUT2D eigenvalue weighted by Crippen LogP contribution is 2.41. The second-order valence-corrected chi connectivity index (χ2v) is 6.42. The predicted molar refractivity (Wildman–Crippen MR) is 80.6 cm³/mol. The zero-order valence-electron chi connectivity index (χ0n) is 13.3. The van der Waals surface area contributed by atoms with Crippen molar-refractivity contribution in [3.05, 3.63) is 0 Å². The van der Waals surface area contributed by atoms with Crippen LogP contribution >= 0.6 is 0 Å². The lowest BCUT2D eigenvalue weighted by Gasteiger charge is -2.40. The maximum Gasteiger partial charge on any atom is 0.327 e. The molecule has 0 radical (unpaired) electrons. The minimum absolute atomic E-state index is 0.0690. The van der Waals surface area contributed by atoms with Gasteiger partial charge in [-0.15, -0.1) is 0 Å². The number of nitrogens with zero attached hydrogens (tertiary/aromatic N) is 1. The number of nitrogens with one attached hydrogen (secondary N) is 1. The zero-order valence-corrected chi connectivity index (χ0v) is 13.3. The van der Waals surface area contributed by atoms with Gasteiger partial charge in [0.05, 0.1) is 7.11 Å². The van der Waals surface area contributed by atoms with Crippen LogP contribution in [0.15, 0.2) is 0 Å². The fourth-order valence-corrected chi connectivity index (χ4v) is 3.69. The van der Waals surface area contributed by atoms with E-state index in [-0.39, 0.29) is 5.97 Å². The van der Waals surface area contributed by atoms with Crippen LogP contribution in [-0.4, -0.2) is 49.7 Å². The molecule has 0 aromatic heterocycles. The van der Waals surface area contributed by atoms with Crippen LogP contribution in [0.4, 0.5) is 0 Å². The molecule has 0 spiro atoms. The van der Waals surface area contributed by atoms with E-state index in [2.05, 4.69) is 24.1 Å². The average Bonchev–Trinajstić information content (AvgIpc) is 3.31. The molecule has 2 rings (SSSR count). The zero-order chi connectivity index (χ0) is 14.6. The molecular weight excluding hydrogens is 252 g/mol. The molecule has 1 aliphatic carbocycles. The predicted octanol–water partition coefficient (Wildman–Crippen LogP) is 2.04. The minimum Gasteiger partial charge on any atom is -0.468 e. The van der Waals surface area contributed by atoms with Crippen molar-refractivity contribution in [1.29, 1.82) is 0 Å². The van der Waals surface area contributed by atoms with Gasteiger partial charge in [-0.25, -0.2) is 4.79 Å². The summed E-state index contributed by atoms with van der Waals surface area (Å²) in [5.74, 6) is 1.18. The number of piperidine rings is 1. The number of likely N-dealkylation sites (tertiary alicyclic amines) is 1. The monoisotopic (exact) mass is 282 g/mol. The lowest BCUT2D eigenvalue weighted by Crippen LogP contribution is -2.62. The average molecular weight is 282 g/mol. The Morgan fingerprint density at radius 2 is 2.10 bits per heavy atom. The van der Waals surface area contributed by atoms with Crippen molar-refractivity contribution in [1.82, 2.24) is 10.2 Å². The maximum absolute atomic E-state index is 12.4. The number of methoxy groups -OCH3 is 1. The number of hydrogen-bond donors (Lipinski definition) is 1. The van der Waals surface area contributed by atoms with Crippen LogP contribution in [0, 0.1) is 11.8 Å². The largest absolute Gasteiger partial charge is 0.468 e. The van der Waals surface area contributed by atoms with E-state index in [1.54, 1.807) is 0 Å². The van der Waals surface area contributed by atoms with Crippen LogP contribution in [0.25, 0.3) is 0 Å². The molecule has 1 N–H and O–H groups in total. The summed E-state index contributed by atoms with van der Waals surface area (Å²) in [6.07, 6.45) is 6.13. The van der Waals surface area contributed by atoms with Crippen LogP contribution in [0.5, 0.6) is 0 Å². The maximum atomic E-state index is 12.4. The molecule has 0 amide bonds. The first-order valence-electron chi connectivity index (χ1n) is 8.22. The van der Waals surface area contributed by atoms with Crippen LogP contribution < -0.4 is 5.32 Å². The summed E-state index contributed by atoms with van der Waals surface area (Å²) in [5, 5.41) is 3.47. The lowest BCUT2D eigenvalue weighted by atomic mass is 9.89. The molecule has 1 saturated carbocycles. The van der Waals surface area contributed by atoms with E-state index < -0.39 is 5.54 Å². The number of ether oxygens (including phenoxy) is 1. The molecule has 2 unspecified atom stereocenters. The van der Waals surface area contributed by atoms with Gasteiger partial charge >= 0.3 is 5.97 Å². The van der Waals surface area contributed by atoms with Crippen molar-refractivity contribution in [3.63, 3.8) is 0 Å². The molecule has 2 aliphatic rings. The summed E-state index contributed by atoms with van der Waals surface area (Å²) in [6.45, 7) is 8.23. The van der Waals surface area contributed by atoms with Crippen LogP contribution in [-0.2, 0) is 9.53 Å². The standard InChI is InChI=1S/C16H30N2O2/c1-4-13-7-6-10-18(11-13)12-16(17-5-2,14-8-9-14)15(19)20-3/h13-14,17H,4-12H2,1-3H3. The molecule has 1 aliphatic heterocycles. The number of hydrogen-bond acceptors (Lipinski definition) is 4. The first kappa shape index (κ1) is 15.8. The number of carbonyl (C=O) groups excluding carboxylic acids is 1. The van der Waals surface area contributed by atoms with Gasteiger partial charge in [0.25, 0.3) is 0 Å². The molecule has 1 saturated heterocycles. The molecule has 0 bridgehead atoms. The highest BCUT2D eigenvalue weighted by molar-refractivity contribution is 5.82. The van der Waals surface area contributed by atoms with Crippen LogP contribution in [0.1, 0.15) is 46.0 Å². The van der Waals surface area contributed by atoms with Gasteiger partial charge in [-0.2, -0.15) is 0 Å². The van der Waals surface area contributed by atoms with Crippen LogP contribution in [0.3, 0.4) is 0 Å². The number of rotatable bonds is 7. The molecule has 20 heavy (non-hydrogen) atoms. The second-order valence-electron chi connectivity index (χ2n) is 6.42. The van der Waals surface area contributed by atoms with Crippen molar-refractivity contribution in [2.75, 3.05) is 33.3 Å². The molecule has 1 heterocycles.